The van der Waals surface area contributed by atoms with Gasteiger partial charge in [0.05, 0.1) is 5.60 Å². The number of hydrogen-bond acceptors (Lipinski definition) is 2. The minimum atomic E-state index is -0.590. The molecule has 3 N–H and O–H groups in total. The summed E-state index contributed by atoms with van der Waals surface area (Å²) in [5, 5.41) is 10.2. The molecule has 1 aliphatic carbocycles. The predicted molar refractivity (Wildman–Crippen MR) is 55.4 cm³/mol. The van der Waals surface area contributed by atoms with Crippen LogP contribution in [0.15, 0.2) is 0 Å². The zero-order valence-corrected chi connectivity index (χ0v) is 9.09. The van der Waals surface area contributed by atoms with Crippen LogP contribution in [-0.4, -0.2) is 16.7 Å². The molecule has 1 rings (SSSR count). The van der Waals surface area contributed by atoms with Gasteiger partial charge in [-0.1, -0.05) is 20.3 Å². The van der Waals surface area contributed by atoms with Gasteiger partial charge in [-0.25, -0.2) is 0 Å². The number of aliphatic hydroxyl groups is 1. The summed E-state index contributed by atoms with van der Waals surface area (Å²) in [6, 6.07) is -0.0888. The minimum Gasteiger partial charge on any atom is -0.388 e. The fourth-order valence-electron chi connectivity index (χ4n) is 2.31. The van der Waals surface area contributed by atoms with Gasteiger partial charge in [-0.15, -0.1) is 0 Å². The average molecular weight is 185 g/mol. The smallest absolute Gasteiger partial charge is 0.0797 e. The number of nitrogens with two attached hydrogens (primary N) is 1. The molecule has 1 saturated carbocycles. The first-order valence-corrected chi connectivity index (χ1v) is 5.43. The molecule has 0 radical (unpaired) electrons. The van der Waals surface area contributed by atoms with Gasteiger partial charge in [0.25, 0.3) is 0 Å². The number of hydrogen-bond donors (Lipinski definition) is 2. The van der Waals surface area contributed by atoms with Gasteiger partial charge in [0.15, 0.2) is 0 Å². The summed E-state index contributed by atoms with van der Waals surface area (Å²) in [5.74, 6) is 1.33. The lowest BCUT2D eigenvalue weighted by atomic mass is 9.71. The third-order valence-corrected chi connectivity index (χ3v) is 3.59. The lowest BCUT2D eigenvalue weighted by molar-refractivity contribution is -0.0403. The van der Waals surface area contributed by atoms with Gasteiger partial charge in [0.2, 0.25) is 0 Å². The molecule has 0 aromatic rings. The maximum Gasteiger partial charge on any atom is 0.0797 e. The van der Waals surface area contributed by atoms with Gasteiger partial charge in [-0.05, 0) is 38.0 Å². The van der Waals surface area contributed by atoms with Crippen LogP contribution in [0.3, 0.4) is 0 Å². The Labute approximate surface area is 81.5 Å². The van der Waals surface area contributed by atoms with Crippen molar-refractivity contribution in [1.82, 2.24) is 0 Å². The molecule has 0 saturated heterocycles. The molecule has 3 unspecified atom stereocenters. The molecule has 78 valence electrons. The molecule has 0 aromatic heterocycles. The van der Waals surface area contributed by atoms with E-state index < -0.39 is 5.60 Å². The molecule has 0 aliphatic heterocycles. The van der Waals surface area contributed by atoms with Crippen molar-refractivity contribution in [3.63, 3.8) is 0 Å². The van der Waals surface area contributed by atoms with E-state index in [-0.39, 0.29) is 6.04 Å². The lowest BCUT2D eigenvalue weighted by Gasteiger charge is -2.41. The van der Waals surface area contributed by atoms with Crippen LogP contribution < -0.4 is 5.73 Å². The molecule has 0 aromatic carbocycles. The van der Waals surface area contributed by atoms with Gasteiger partial charge in [0.1, 0.15) is 0 Å². The average Bonchev–Trinajstić information content (AvgIpc) is 2.04. The van der Waals surface area contributed by atoms with Crippen molar-refractivity contribution in [2.75, 3.05) is 0 Å². The summed E-state index contributed by atoms with van der Waals surface area (Å²) in [4.78, 5) is 0. The first-order valence-electron chi connectivity index (χ1n) is 5.43. The molecule has 13 heavy (non-hydrogen) atoms. The van der Waals surface area contributed by atoms with E-state index in [1.165, 1.54) is 6.42 Å². The molecule has 1 aliphatic rings. The van der Waals surface area contributed by atoms with Crippen molar-refractivity contribution in [3.8, 4) is 0 Å². The molecule has 0 spiro atoms. The van der Waals surface area contributed by atoms with Crippen LogP contribution >= 0.6 is 0 Å². The zero-order valence-electron chi connectivity index (χ0n) is 9.09. The standard InChI is InChI=1S/C11H23NO/c1-8(2)10-5-4-6-11(13,7-10)9(3)12/h8-10,13H,4-7,12H2,1-3H3. The van der Waals surface area contributed by atoms with Gasteiger partial charge < -0.3 is 10.8 Å². The van der Waals surface area contributed by atoms with E-state index in [0.717, 1.165) is 19.3 Å². The minimum absolute atomic E-state index is 0.0888. The van der Waals surface area contributed by atoms with E-state index in [4.69, 9.17) is 5.73 Å². The van der Waals surface area contributed by atoms with Crippen molar-refractivity contribution < 1.29 is 5.11 Å². The molecule has 1 fully saturated rings. The second-order valence-corrected chi connectivity index (χ2v) is 4.99. The highest BCUT2D eigenvalue weighted by Crippen LogP contribution is 2.37. The first kappa shape index (κ1) is 11.0. The first-order chi connectivity index (χ1) is 5.96. The van der Waals surface area contributed by atoms with Crippen LogP contribution in [0.2, 0.25) is 0 Å². The molecule has 3 atom stereocenters. The summed E-state index contributed by atoms with van der Waals surface area (Å²) in [5.41, 5.74) is 5.22. The van der Waals surface area contributed by atoms with E-state index in [2.05, 4.69) is 13.8 Å². The second kappa shape index (κ2) is 3.97. The Balaban J connectivity index is 2.60. The Bertz CT molecular complexity index is 167. The van der Waals surface area contributed by atoms with E-state index in [1.54, 1.807) is 0 Å². The van der Waals surface area contributed by atoms with Crippen molar-refractivity contribution in [2.24, 2.45) is 17.6 Å². The molecule has 2 heteroatoms. The highest BCUT2D eigenvalue weighted by molar-refractivity contribution is 4.92. The van der Waals surface area contributed by atoms with Crippen LogP contribution in [0.1, 0.15) is 46.5 Å². The molecule has 0 heterocycles. The SMILES string of the molecule is CC(C)C1CCCC(O)(C(C)N)C1. The molecule has 0 amide bonds. The van der Waals surface area contributed by atoms with E-state index in [0.29, 0.717) is 11.8 Å². The molecule has 2 nitrogen and oxygen atoms in total. The summed E-state index contributed by atoms with van der Waals surface area (Å²) in [6.45, 7) is 6.39. The summed E-state index contributed by atoms with van der Waals surface area (Å²) in [6.07, 6.45) is 4.16. The van der Waals surface area contributed by atoms with Crippen LogP contribution in [0.25, 0.3) is 0 Å². The van der Waals surface area contributed by atoms with Crippen molar-refractivity contribution in [2.45, 2.75) is 58.1 Å². The molecular formula is C11H23NO. The Kier molecular flexibility index (Phi) is 3.36. The highest BCUT2D eigenvalue weighted by Gasteiger charge is 2.38. The third kappa shape index (κ3) is 2.44. The van der Waals surface area contributed by atoms with Crippen molar-refractivity contribution >= 4 is 0 Å². The normalized spacial score (nSPS) is 37.8. The van der Waals surface area contributed by atoms with Crippen LogP contribution in [0.4, 0.5) is 0 Å². The van der Waals surface area contributed by atoms with Crippen LogP contribution in [0.5, 0.6) is 0 Å². The van der Waals surface area contributed by atoms with Gasteiger partial charge in [0, 0.05) is 6.04 Å². The zero-order chi connectivity index (χ0) is 10.1. The van der Waals surface area contributed by atoms with E-state index in [1.807, 2.05) is 6.92 Å². The maximum absolute atomic E-state index is 10.2. The van der Waals surface area contributed by atoms with E-state index >= 15 is 0 Å². The largest absolute Gasteiger partial charge is 0.388 e. The highest BCUT2D eigenvalue weighted by atomic mass is 16.3. The fourth-order valence-corrected chi connectivity index (χ4v) is 2.31. The van der Waals surface area contributed by atoms with Gasteiger partial charge >= 0.3 is 0 Å². The third-order valence-electron chi connectivity index (χ3n) is 3.59. The Morgan fingerprint density at radius 3 is 2.46 bits per heavy atom. The fraction of sp³-hybridized carbons (Fsp3) is 1.00. The van der Waals surface area contributed by atoms with Crippen molar-refractivity contribution in [3.05, 3.63) is 0 Å². The maximum atomic E-state index is 10.2. The topological polar surface area (TPSA) is 46.2 Å². The van der Waals surface area contributed by atoms with Gasteiger partial charge in [-0.3, -0.25) is 0 Å². The summed E-state index contributed by atoms with van der Waals surface area (Å²) >= 11 is 0. The van der Waals surface area contributed by atoms with Crippen LogP contribution in [-0.2, 0) is 0 Å². The Morgan fingerprint density at radius 2 is 2.00 bits per heavy atom. The van der Waals surface area contributed by atoms with E-state index in [9.17, 15) is 5.11 Å². The Morgan fingerprint density at radius 1 is 1.38 bits per heavy atom. The predicted octanol–water partition coefficient (Wildman–Crippen LogP) is 1.91. The van der Waals surface area contributed by atoms with Gasteiger partial charge in [-0.2, -0.15) is 0 Å². The molecule has 0 bridgehead atoms. The lowest BCUT2D eigenvalue weighted by Crippen LogP contribution is -2.49. The second-order valence-electron chi connectivity index (χ2n) is 4.99. The Hall–Kier alpha value is -0.0800. The van der Waals surface area contributed by atoms with Crippen LogP contribution in [0, 0.1) is 11.8 Å². The monoisotopic (exact) mass is 185 g/mol. The summed E-state index contributed by atoms with van der Waals surface area (Å²) < 4.78 is 0. The van der Waals surface area contributed by atoms with Crippen molar-refractivity contribution in [1.29, 1.82) is 0 Å². The quantitative estimate of drug-likeness (QED) is 0.690. The molecular weight excluding hydrogens is 162 g/mol. The summed E-state index contributed by atoms with van der Waals surface area (Å²) in [7, 11) is 0. The number of rotatable bonds is 2.